The third kappa shape index (κ3) is 5.91. The summed E-state index contributed by atoms with van der Waals surface area (Å²) in [6.45, 7) is 1.21. The fraction of sp³-hybridized carbons (Fsp3) is 0.429. The van der Waals surface area contributed by atoms with Gasteiger partial charge >= 0.3 is 24.3 Å². The summed E-state index contributed by atoms with van der Waals surface area (Å²) in [4.78, 5) is 36.2. The topological polar surface area (TPSA) is 108 Å². The summed E-state index contributed by atoms with van der Waals surface area (Å²) in [5.41, 5.74) is -1.18. The van der Waals surface area contributed by atoms with Crippen molar-refractivity contribution < 1.29 is 45.4 Å². The molecule has 0 spiro atoms. The average molecular weight is 689 g/mol. The van der Waals surface area contributed by atoms with Crippen LogP contribution in [0.15, 0.2) is 56.2 Å². The number of carbonyl (C=O) groups excluding carboxylic acids is 2. The fourth-order valence-electron chi connectivity index (χ4n) is 5.51. The largest absolute Gasteiger partial charge is 0.429 e. The number of thioether (sulfide) groups is 2. The standard InChI is InChI=1S/C28H26F6N6O4S2/c1-39-13-25(23-35-7-8-36-23,45-19-5-3-15(11-17(19)39)27(29,30)31)43-21(41)22(42)44-26(24-37-9-10-38-24)14-40(2)18-12-16(28(32,33)34)4-6-20(18)46-26/h3-6,11-12H,7-10,13-14H2,1-2H3,(H,35,36)(H,37,38). The van der Waals surface area contributed by atoms with Crippen LogP contribution in [0.4, 0.5) is 37.7 Å². The van der Waals surface area contributed by atoms with Gasteiger partial charge in [0.1, 0.15) is 0 Å². The van der Waals surface area contributed by atoms with Crippen LogP contribution in [0.5, 0.6) is 0 Å². The Morgan fingerprint density at radius 2 is 1.13 bits per heavy atom. The van der Waals surface area contributed by atoms with Crippen LogP contribution < -0.4 is 20.4 Å². The Morgan fingerprint density at radius 3 is 1.46 bits per heavy atom. The highest BCUT2D eigenvalue weighted by molar-refractivity contribution is 8.01. The van der Waals surface area contributed by atoms with E-state index in [2.05, 4.69) is 20.6 Å². The van der Waals surface area contributed by atoms with Crippen LogP contribution in [-0.4, -0.2) is 86.8 Å². The predicted molar refractivity (Wildman–Crippen MR) is 159 cm³/mol. The van der Waals surface area contributed by atoms with Crippen molar-refractivity contribution in [2.24, 2.45) is 9.98 Å². The molecule has 0 fully saturated rings. The van der Waals surface area contributed by atoms with E-state index in [9.17, 15) is 35.9 Å². The highest BCUT2D eigenvalue weighted by Gasteiger charge is 2.52. The van der Waals surface area contributed by atoms with Crippen LogP contribution in [-0.2, 0) is 31.4 Å². The van der Waals surface area contributed by atoms with Gasteiger partial charge in [-0.25, -0.2) is 9.59 Å². The first-order valence-electron chi connectivity index (χ1n) is 13.9. The molecule has 246 valence electrons. The number of likely N-dealkylation sites (N-methyl/N-ethyl adjacent to an activating group) is 2. The molecule has 0 amide bonds. The second-order valence-electron chi connectivity index (χ2n) is 10.9. The number of nitrogens with one attached hydrogen (secondary N) is 2. The van der Waals surface area contributed by atoms with Gasteiger partial charge in [-0.1, -0.05) is 23.5 Å². The molecule has 0 radical (unpaired) electrons. The lowest BCUT2D eigenvalue weighted by molar-refractivity contribution is -0.172. The van der Waals surface area contributed by atoms with E-state index >= 15 is 0 Å². The maximum atomic E-state index is 13.5. The fourth-order valence-corrected chi connectivity index (χ4v) is 8.35. The van der Waals surface area contributed by atoms with Crippen LogP contribution in [0.2, 0.25) is 0 Å². The van der Waals surface area contributed by atoms with Gasteiger partial charge in [0.15, 0.2) is 11.7 Å². The number of hydrogen-bond donors (Lipinski definition) is 2. The summed E-state index contributed by atoms with van der Waals surface area (Å²) < 4.78 is 92.1. The molecule has 46 heavy (non-hydrogen) atoms. The number of aliphatic imine (C=N–C) groups is 2. The first-order valence-corrected chi connectivity index (χ1v) is 15.5. The number of hydrogen-bond acceptors (Lipinski definition) is 12. The van der Waals surface area contributed by atoms with Crippen molar-refractivity contribution in [3.63, 3.8) is 0 Å². The van der Waals surface area contributed by atoms with E-state index in [1.165, 1.54) is 36.0 Å². The zero-order chi connectivity index (χ0) is 33.1. The Labute approximate surface area is 267 Å². The minimum absolute atomic E-state index is 0.150. The third-order valence-electron chi connectivity index (χ3n) is 7.59. The Bertz CT molecular complexity index is 1530. The summed E-state index contributed by atoms with van der Waals surface area (Å²) in [6, 6.07) is 6.37. The summed E-state index contributed by atoms with van der Waals surface area (Å²) in [6.07, 6.45) is -9.13. The average Bonchev–Trinajstić information content (AvgIpc) is 3.72. The molecule has 4 aliphatic heterocycles. The maximum Gasteiger partial charge on any atom is 0.419 e. The molecule has 0 saturated carbocycles. The lowest BCUT2D eigenvalue weighted by Gasteiger charge is -2.42. The van der Waals surface area contributed by atoms with E-state index in [1.54, 1.807) is 0 Å². The van der Waals surface area contributed by atoms with Crippen molar-refractivity contribution >= 4 is 58.5 Å². The first kappa shape index (κ1) is 32.2. The quantitative estimate of drug-likeness (QED) is 0.278. The van der Waals surface area contributed by atoms with Gasteiger partial charge in [0.05, 0.1) is 48.7 Å². The number of fused-ring (bicyclic) bond motifs is 2. The lowest BCUT2D eigenvalue weighted by Crippen LogP contribution is -2.57. The van der Waals surface area contributed by atoms with E-state index in [-0.39, 0.29) is 36.1 Å². The maximum absolute atomic E-state index is 13.5. The van der Waals surface area contributed by atoms with E-state index < -0.39 is 45.3 Å². The van der Waals surface area contributed by atoms with Crippen LogP contribution in [0.25, 0.3) is 0 Å². The molecule has 18 heteroatoms. The van der Waals surface area contributed by atoms with Crippen molar-refractivity contribution in [1.29, 1.82) is 0 Å². The second-order valence-corrected chi connectivity index (χ2v) is 13.5. The van der Waals surface area contributed by atoms with E-state index in [0.717, 1.165) is 47.8 Å². The Morgan fingerprint density at radius 1 is 0.739 bits per heavy atom. The molecule has 4 heterocycles. The molecule has 2 aromatic rings. The number of nitrogens with zero attached hydrogens (tertiary/aromatic N) is 4. The van der Waals surface area contributed by atoms with Gasteiger partial charge in [-0.3, -0.25) is 9.98 Å². The van der Waals surface area contributed by atoms with Crippen LogP contribution in [0.1, 0.15) is 11.1 Å². The highest BCUT2D eigenvalue weighted by atomic mass is 32.2. The van der Waals surface area contributed by atoms with Gasteiger partial charge in [0.25, 0.3) is 0 Å². The summed E-state index contributed by atoms with van der Waals surface area (Å²) >= 11 is 1.88. The predicted octanol–water partition coefficient (Wildman–Crippen LogP) is 3.99. The number of anilines is 2. The molecule has 0 aromatic heterocycles. The minimum Gasteiger partial charge on any atom is -0.429 e. The van der Waals surface area contributed by atoms with Crippen molar-refractivity contribution in [2.75, 3.05) is 63.2 Å². The summed E-state index contributed by atoms with van der Waals surface area (Å²) in [5.74, 6) is -2.33. The summed E-state index contributed by atoms with van der Waals surface area (Å²) in [5, 5.41) is 6.07. The first-order chi connectivity index (χ1) is 21.6. The molecule has 0 aliphatic carbocycles. The van der Waals surface area contributed by atoms with Crippen molar-refractivity contribution in [2.45, 2.75) is 32.0 Å². The van der Waals surface area contributed by atoms with Crippen molar-refractivity contribution in [1.82, 2.24) is 10.6 Å². The molecule has 4 aliphatic rings. The molecule has 2 aromatic carbocycles. The molecule has 2 atom stereocenters. The molecular formula is C28H26F6N6O4S2. The van der Waals surface area contributed by atoms with Gasteiger partial charge < -0.3 is 29.9 Å². The van der Waals surface area contributed by atoms with Crippen molar-refractivity contribution in [3.8, 4) is 0 Å². The monoisotopic (exact) mass is 688 g/mol. The molecule has 0 saturated heterocycles. The SMILES string of the molecule is CN1CC(OC(=O)C(=O)OC2(C3=NCCN3)CN(C)c3cc(C(F)(F)F)ccc3S2)(C2=NCCN2)Sc2ccc(C(F)(F)F)cc21. The van der Waals surface area contributed by atoms with Crippen molar-refractivity contribution in [3.05, 3.63) is 47.5 Å². The smallest absolute Gasteiger partial charge is 0.419 e. The number of carbonyl (C=O) groups is 2. The Balaban J connectivity index is 1.28. The highest BCUT2D eigenvalue weighted by Crippen LogP contribution is 2.49. The van der Waals surface area contributed by atoms with Gasteiger partial charge in [-0.2, -0.15) is 26.3 Å². The van der Waals surface area contributed by atoms with Crippen LogP contribution >= 0.6 is 23.5 Å². The van der Waals surface area contributed by atoms with Gasteiger partial charge in [0.2, 0.25) is 9.87 Å². The number of ether oxygens (including phenoxy) is 2. The molecule has 2 unspecified atom stereocenters. The minimum atomic E-state index is -4.57. The molecular weight excluding hydrogens is 662 g/mol. The van der Waals surface area contributed by atoms with Crippen LogP contribution in [0, 0.1) is 0 Å². The zero-order valence-electron chi connectivity index (χ0n) is 24.2. The second kappa shape index (κ2) is 11.5. The zero-order valence-corrected chi connectivity index (χ0v) is 25.8. The number of rotatable bonds is 4. The van der Waals surface area contributed by atoms with Crippen LogP contribution in [0.3, 0.4) is 0 Å². The molecule has 0 bridgehead atoms. The van der Waals surface area contributed by atoms with Gasteiger partial charge in [0, 0.05) is 37.0 Å². The normalized spacial score (nSPS) is 24.3. The molecule has 2 N–H and O–H groups in total. The van der Waals surface area contributed by atoms with E-state index in [4.69, 9.17) is 9.47 Å². The van der Waals surface area contributed by atoms with E-state index in [0.29, 0.717) is 36.0 Å². The Hall–Kier alpha value is -3.80. The van der Waals surface area contributed by atoms with Gasteiger partial charge in [-0.05, 0) is 36.4 Å². The molecule has 10 nitrogen and oxygen atoms in total. The van der Waals surface area contributed by atoms with Gasteiger partial charge in [-0.15, -0.1) is 0 Å². The summed E-state index contributed by atoms with van der Waals surface area (Å²) in [7, 11) is 3.06. The number of benzene rings is 2. The number of amidine groups is 2. The number of alkyl halides is 6. The lowest BCUT2D eigenvalue weighted by atomic mass is 10.1. The Kier molecular flexibility index (Phi) is 8.02. The number of halogens is 6. The van der Waals surface area contributed by atoms with E-state index in [1.807, 2.05) is 0 Å². The third-order valence-corrected chi connectivity index (χ3v) is 10.2. The number of esters is 2. The molecule has 6 rings (SSSR count).